The molecule has 0 saturated carbocycles. The van der Waals surface area contributed by atoms with Crippen molar-refractivity contribution in [1.82, 2.24) is 0 Å². The molecule has 3 aromatic rings. The Morgan fingerprint density at radius 1 is 1.03 bits per heavy atom. The topological polar surface area (TPSA) is 118 Å². The van der Waals surface area contributed by atoms with Crippen LogP contribution in [0.3, 0.4) is 0 Å². The van der Waals surface area contributed by atoms with Crippen molar-refractivity contribution in [3.63, 3.8) is 0 Å². The molecule has 3 rings (SSSR count). The van der Waals surface area contributed by atoms with Gasteiger partial charge in [-0.1, -0.05) is 35.9 Å². The van der Waals surface area contributed by atoms with E-state index in [4.69, 9.17) is 11.6 Å². The number of carbonyl (C=O) groups is 1. The van der Waals surface area contributed by atoms with Crippen LogP contribution in [0.4, 0.5) is 17.1 Å². The maximum atomic E-state index is 12.6. The summed E-state index contributed by atoms with van der Waals surface area (Å²) in [4.78, 5) is 22.8. The summed E-state index contributed by atoms with van der Waals surface area (Å²) in [5.41, 5.74) is 1.09. The number of hydrogen-bond donors (Lipinski definition) is 2. The first kappa shape index (κ1) is 21.3. The van der Waals surface area contributed by atoms with Crippen molar-refractivity contribution in [3.8, 4) is 0 Å². The van der Waals surface area contributed by atoms with Crippen molar-refractivity contribution in [1.29, 1.82) is 0 Å². The predicted octanol–water partition coefficient (Wildman–Crippen LogP) is 4.61. The highest BCUT2D eigenvalue weighted by Crippen LogP contribution is 2.26. The number of non-ortho nitro benzene ring substituents is 1. The summed E-state index contributed by atoms with van der Waals surface area (Å²) in [5.74, 6) is -0.587. The standard InChI is InChI=1S/C20H16ClN3O5S/c1-13-7-8-14(11-19(13)23-30(28,29)16-5-3-2-4-6-16)22-20(25)17-10-9-15(24(26)27)12-18(17)21/h2-12,23H,1H3,(H,22,25). The lowest BCUT2D eigenvalue weighted by Gasteiger charge is -2.13. The van der Waals surface area contributed by atoms with E-state index in [1.54, 1.807) is 37.3 Å². The smallest absolute Gasteiger partial charge is 0.270 e. The molecule has 2 N–H and O–H groups in total. The summed E-state index contributed by atoms with van der Waals surface area (Å²) >= 11 is 5.99. The Labute approximate surface area is 177 Å². The number of nitro benzene ring substituents is 1. The Morgan fingerprint density at radius 2 is 1.73 bits per heavy atom. The van der Waals surface area contributed by atoms with Gasteiger partial charge in [0.15, 0.2) is 0 Å². The molecule has 10 heteroatoms. The Morgan fingerprint density at radius 3 is 2.37 bits per heavy atom. The molecule has 0 bridgehead atoms. The SMILES string of the molecule is Cc1ccc(NC(=O)c2ccc([N+](=O)[O-])cc2Cl)cc1NS(=O)(=O)c1ccccc1. The van der Waals surface area contributed by atoms with Gasteiger partial charge in [0, 0.05) is 17.8 Å². The largest absolute Gasteiger partial charge is 0.322 e. The van der Waals surface area contributed by atoms with Crippen molar-refractivity contribution in [3.05, 3.63) is 93.0 Å². The summed E-state index contributed by atoms with van der Waals surface area (Å²) in [6, 6.07) is 16.1. The first-order chi connectivity index (χ1) is 14.2. The van der Waals surface area contributed by atoms with Crippen LogP contribution in [0.15, 0.2) is 71.6 Å². The molecule has 0 saturated heterocycles. The van der Waals surface area contributed by atoms with Gasteiger partial charge in [0.1, 0.15) is 0 Å². The van der Waals surface area contributed by atoms with Crippen LogP contribution in [0.2, 0.25) is 5.02 Å². The van der Waals surface area contributed by atoms with E-state index >= 15 is 0 Å². The summed E-state index contributed by atoms with van der Waals surface area (Å²) in [6.07, 6.45) is 0. The van der Waals surface area contributed by atoms with E-state index < -0.39 is 20.9 Å². The highest BCUT2D eigenvalue weighted by atomic mass is 35.5. The minimum absolute atomic E-state index is 0.0502. The zero-order chi connectivity index (χ0) is 21.9. The molecule has 3 aromatic carbocycles. The van der Waals surface area contributed by atoms with Crippen LogP contribution in [-0.4, -0.2) is 19.2 Å². The Balaban J connectivity index is 1.83. The highest BCUT2D eigenvalue weighted by Gasteiger charge is 2.17. The number of carbonyl (C=O) groups excluding carboxylic acids is 1. The van der Waals surface area contributed by atoms with Gasteiger partial charge in [0.2, 0.25) is 0 Å². The number of nitrogens with zero attached hydrogens (tertiary/aromatic N) is 1. The quantitative estimate of drug-likeness (QED) is 0.424. The van der Waals surface area contributed by atoms with Crippen LogP contribution < -0.4 is 10.0 Å². The Kier molecular flexibility index (Phi) is 6.04. The minimum Gasteiger partial charge on any atom is -0.322 e. The number of halogens is 1. The molecule has 0 unspecified atom stereocenters. The Hall–Kier alpha value is -3.43. The lowest BCUT2D eigenvalue weighted by atomic mass is 10.1. The fraction of sp³-hybridized carbons (Fsp3) is 0.0500. The molecule has 1 amide bonds. The number of anilines is 2. The highest BCUT2D eigenvalue weighted by molar-refractivity contribution is 7.92. The number of nitrogens with one attached hydrogen (secondary N) is 2. The molecule has 0 aliphatic heterocycles. The van der Waals surface area contributed by atoms with E-state index in [9.17, 15) is 23.3 Å². The van der Waals surface area contributed by atoms with Gasteiger partial charge in [-0.2, -0.15) is 0 Å². The normalized spacial score (nSPS) is 11.0. The minimum atomic E-state index is -3.80. The van der Waals surface area contributed by atoms with E-state index in [2.05, 4.69) is 10.0 Å². The Bertz CT molecular complexity index is 1230. The molecular weight excluding hydrogens is 430 g/mol. The summed E-state index contributed by atoms with van der Waals surface area (Å²) < 4.78 is 27.6. The zero-order valence-corrected chi connectivity index (χ0v) is 17.2. The van der Waals surface area contributed by atoms with Gasteiger partial charge in [-0.05, 0) is 42.8 Å². The zero-order valence-electron chi connectivity index (χ0n) is 15.6. The molecule has 0 aliphatic carbocycles. The molecular formula is C20H16ClN3O5S. The third-order valence-corrected chi connectivity index (χ3v) is 5.90. The second-order valence-electron chi connectivity index (χ2n) is 6.32. The molecule has 0 atom stereocenters. The van der Waals surface area contributed by atoms with E-state index in [0.717, 1.165) is 6.07 Å². The van der Waals surface area contributed by atoms with E-state index in [1.165, 1.54) is 30.3 Å². The molecule has 0 aromatic heterocycles. The molecule has 0 spiro atoms. The summed E-state index contributed by atoms with van der Waals surface area (Å²) in [7, 11) is -3.80. The average molecular weight is 446 g/mol. The van der Waals surface area contributed by atoms with Crippen LogP contribution in [-0.2, 0) is 10.0 Å². The molecule has 0 radical (unpaired) electrons. The van der Waals surface area contributed by atoms with Crippen molar-refractivity contribution in [2.75, 3.05) is 10.0 Å². The van der Waals surface area contributed by atoms with Gasteiger partial charge >= 0.3 is 0 Å². The molecule has 0 heterocycles. The van der Waals surface area contributed by atoms with Crippen LogP contribution >= 0.6 is 11.6 Å². The van der Waals surface area contributed by atoms with Crippen LogP contribution in [0.1, 0.15) is 15.9 Å². The van der Waals surface area contributed by atoms with E-state index in [-0.39, 0.29) is 21.2 Å². The van der Waals surface area contributed by atoms with Gasteiger partial charge in [-0.25, -0.2) is 8.42 Å². The monoisotopic (exact) mass is 445 g/mol. The van der Waals surface area contributed by atoms with Gasteiger partial charge in [0.25, 0.3) is 21.6 Å². The van der Waals surface area contributed by atoms with Crippen molar-refractivity contribution < 1.29 is 18.1 Å². The predicted molar refractivity (Wildman–Crippen MR) is 114 cm³/mol. The third-order valence-electron chi connectivity index (χ3n) is 4.20. The molecule has 0 aliphatic rings. The number of benzene rings is 3. The lowest BCUT2D eigenvalue weighted by Crippen LogP contribution is -2.15. The van der Waals surface area contributed by atoms with Crippen LogP contribution in [0, 0.1) is 17.0 Å². The molecule has 154 valence electrons. The summed E-state index contributed by atoms with van der Waals surface area (Å²) in [6.45, 7) is 1.72. The van der Waals surface area contributed by atoms with Gasteiger partial charge in [-0.3, -0.25) is 19.6 Å². The van der Waals surface area contributed by atoms with Gasteiger partial charge < -0.3 is 5.32 Å². The number of rotatable bonds is 6. The average Bonchev–Trinajstić information content (AvgIpc) is 2.70. The maximum absolute atomic E-state index is 12.6. The second-order valence-corrected chi connectivity index (χ2v) is 8.41. The number of sulfonamides is 1. The van der Waals surface area contributed by atoms with E-state index in [1.807, 2.05) is 0 Å². The molecule has 30 heavy (non-hydrogen) atoms. The fourth-order valence-corrected chi connectivity index (χ4v) is 4.02. The first-order valence-electron chi connectivity index (χ1n) is 8.61. The van der Waals surface area contributed by atoms with Gasteiger partial charge in [0.05, 0.1) is 26.1 Å². The number of nitro groups is 1. The van der Waals surface area contributed by atoms with Crippen molar-refractivity contribution in [2.24, 2.45) is 0 Å². The fourth-order valence-electron chi connectivity index (χ4n) is 2.61. The number of amides is 1. The van der Waals surface area contributed by atoms with Gasteiger partial charge in [-0.15, -0.1) is 0 Å². The first-order valence-corrected chi connectivity index (χ1v) is 10.5. The summed E-state index contributed by atoms with van der Waals surface area (Å²) in [5, 5.41) is 13.3. The maximum Gasteiger partial charge on any atom is 0.270 e. The van der Waals surface area contributed by atoms with Crippen molar-refractivity contribution >= 4 is 44.6 Å². The van der Waals surface area contributed by atoms with Crippen LogP contribution in [0.5, 0.6) is 0 Å². The van der Waals surface area contributed by atoms with Crippen molar-refractivity contribution in [2.45, 2.75) is 11.8 Å². The third kappa shape index (κ3) is 4.76. The molecule has 0 fully saturated rings. The molecule has 8 nitrogen and oxygen atoms in total. The second kappa shape index (κ2) is 8.52. The lowest BCUT2D eigenvalue weighted by molar-refractivity contribution is -0.384. The number of aryl methyl sites for hydroxylation is 1. The van der Waals surface area contributed by atoms with Crippen LogP contribution in [0.25, 0.3) is 0 Å². The number of hydrogen-bond acceptors (Lipinski definition) is 5. The van der Waals surface area contributed by atoms with E-state index in [0.29, 0.717) is 16.9 Å².